The van der Waals surface area contributed by atoms with Gasteiger partial charge in [-0.3, -0.25) is 4.79 Å². The van der Waals surface area contributed by atoms with Gasteiger partial charge in [-0.1, -0.05) is 25.0 Å². The molecule has 0 spiro atoms. The minimum atomic E-state index is -0.195. The first-order valence-electron chi connectivity index (χ1n) is 7.79. The third kappa shape index (κ3) is 2.87. The van der Waals surface area contributed by atoms with Gasteiger partial charge in [0.2, 0.25) is 5.91 Å². The van der Waals surface area contributed by atoms with Crippen molar-refractivity contribution in [1.29, 1.82) is 0 Å². The number of nitrogens with zero attached hydrogens (tertiary/aromatic N) is 1. The van der Waals surface area contributed by atoms with Gasteiger partial charge in [0.05, 0.1) is 0 Å². The Hall–Kier alpha value is -1.38. The normalized spacial score (nSPS) is 23.4. The van der Waals surface area contributed by atoms with E-state index in [1.54, 1.807) is 0 Å². The fourth-order valence-corrected chi connectivity index (χ4v) is 3.64. The molecule has 20 heavy (non-hydrogen) atoms. The van der Waals surface area contributed by atoms with Gasteiger partial charge in [0.15, 0.2) is 0 Å². The average molecular weight is 275 g/mol. The molecule has 108 valence electrons. The number of amides is 1. The zero-order chi connectivity index (χ0) is 13.9. The summed E-state index contributed by atoms with van der Waals surface area (Å²) in [5, 5.41) is 0. The maximum absolute atomic E-state index is 12.9. The monoisotopic (exact) mass is 275 g/mol. The lowest BCUT2D eigenvalue weighted by Gasteiger charge is -2.27. The van der Waals surface area contributed by atoms with Crippen molar-refractivity contribution in [2.24, 2.45) is 5.92 Å². The molecule has 3 rings (SSSR count). The highest BCUT2D eigenvalue weighted by Gasteiger charge is 2.34. The molecule has 0 N–H and O–H groups in total. The highest BCUT2D eigenvalue weighted by atomic mass is 19.1. The predicted octanol–water partition coefficient (Wildman–Crippen LogP) is 3.55. The molecule has 1 aliphatic heterocycles. The van der Waals surface area contributed by atoms with E-state index in [2.05, 4.69) is 4.90 Å². The van der Waals surface area contributed by atoms with Crippen LogP contribution < -0.4 is 0 Å². The molecule has 0 aromatic heterocycles. The van der Waals surface area contributed by atoms with Gasteiger partial charge < -0.3 is 4.90 Å². The number of halogens is 1. The van der Waals surface area contributed by atoms with Crippen molar-refractivity contribution in [1.82, 2.24) is 4.90 Å². The number of carbonyl (C=O) groups is 1. The van der Waals surface area contributed by atoms with Crippen molar-refractivity contribution < 1.29 is 9.18 Å². The van der Waals surface area contributed by atoms with Crippen molar-refractivity contribution in [3.05, 3.63) is 35.6 Å². The van der Waals surface area contributed by atoms with E-state index in [-0.39, 0.29) is 11.7 Å². The Bertz CT molecular complexity index is 464. The summed E-state index contributed by atoms with van der Waals surface area (Å²) in [4.78, 5) is 14.7. The standard InChI is InChI=1S/C17H22FNO/c18-15-9-7-13(8-10-15)12-16-6-3-11-19(16)17(20)14-4-1-2-5-14/h7-10,14,16H,1-6,11-12H2. The number of rotatable bonds is 3. The van der Waals surface area contributed by atoms with Gasteiger partial charge in [0.1, 0.15) is 5.82 Å². The number of hydrogen-bond acceptors (Lipinski definition) is 1. The van der Waals surface area contributed by atoms with Crippen LogP contribution in [0.5, 0.6) is 0 Å². The first-order valence-corrected chi connectivity index (χ1v) is 7.79. The molecule has 3 heteroatoms. The molecule has 2 fully saturated rings. The molecule has 1 saturated carbocycles. The summed E-state index contributed by atoms with van der Waals surface area (Å²) in [6.45, 7) is 0.904. The Balaban J connectivity index is 1.65. The fraction of sp³-hybridized carbons (Fsp3) is 0.588. The van der Waals surface area contributed by atoms with Crippen LogP contribution in [0.1, 0.15) is 44.1 Å². The second-order valence-electron chi connectivity index (χ2n) is 6.14. The van der Waals surface area contributed by atoms with Crippen molar-refractivity contribution in [2.75, 3.05) is 6.54 Å². The largest absolute Gasteiger partial charge is 0.339 e. The molecule has 2 nitrogen and oxygen atoms in total. The maximum atomic E-state index is 12.9. The highest BCUT2D eigenvalue weighted by Crippen LogP contribution is 2.30. The SMILES string of the molecule is O=C(C1CCCC1)N1CCCC1Cc1ccc(F)cc1. The van der Waals surface area contributed by atoms with Gasteiger partial charge in [-0.25, -0.2) is 4.39 Å². The van der Waals surface area contributed by atoms with Crippen molar-refractivity contribution in [2.45, 2.75) is 51.0 Å². The lowest BCUT2D eigenvalue weighted by Crippen LogP contribution is -2.40. The summed E-state index contributed by atoms with van der Waals surface area (Å²) in [5.74, 6) is 0.440. The molecule has 0 bridgehead atoms. The zero-order valence-corrected chi connectivity index (χ0v) is 11.9. The predicted molar refractivity (Wildman–Crippen MR) is 76.8 cm³/mol. The van der Waals surface area contributed by atoms with Gasteiger partial charge in [0, 0.05) is 18.5 Å². The van der Waals surface area contributed by atoms with Crippen molar-refractivity contribution in [3.63, 3.8) is 0 Å². The molecule has 1 atom stereocenters. The quantitative estimate of drug-likeness (QED) is 0.826. The topological polar surface area (TPSA) is 20.3 Å². The van der Waals surface area contributed by atoms with E-state index >= 15 is 0 Å². The van der Waals surface area contributed by atoms with Crippen LogP contribution >= 0.6 is 0 Å². The maximum Gasteiger partial charge on any atom is 0.225 e. The van der Waals surface area contributed by atoms with Gasteiger partial charge in [-0.05, 0) is 49.8 Å². The minimum absolute atomic E-state index is 0.195. The molecule has 2 aliphatic rings. The number of carbonyl (C=O) groups excluding carboxylic acids is 1. The van der Waals surface area contributed by atoms with Crippen LogP contribution in [0.4, 0.5) is 4.39 Å². The lowest BCUT2D eigenvalue weighted by atomic mass is 10.0. The van der Waals surface area contributed by atoms with Crippen LogP contribution in [0.3, 0.4) is 0 Å². The average Bonchev–Trinajstić information content (AvgIpc) is 3.12. The van der Waals surface area contributed by atoms with E-state index in [1.807, 2.05) is 12.1 Å². The highest BCUT2D eigenvalue weighted by molar-refractivity contribution is 5.79. The van der Waals surface area contributed by atoms with Gasteiger partial charge in [-0.2, -0.15) is 0 Å². The molecule has 1 aliphatic carbocycles. The number of hydrogen-bond donors (Lipinski definition) is 0. The Kier molecular flexibility index (Phi) is 4.04. The third-order valence-corrected chi connectivity index (χ3v) is 4.75. The van der Waals surface area contributed by atoms with E-state index in [1.165, 1.54) is 25.0 Å². The summed E-state index contributed by atoms with van der Waals surface area (Å²) in [6, 6.07) is 7.01. The van der Waals surface area contributed by atoms with Crippen LogP contribution in [0.15, 0.2) is 24.3 Å². The molecule has 1 saturated heterocycles. The van der Waals surface area contributed by atoms with Crippen molar-refractivity contribution >= 4 is 5.91 Å². The second kappa shape index (κ2) is 5.94. The van der Waals surface area contributed by atoms with Crippen LogP contribution in [0.2, 0.25) is 0 Å². The van der Waals surface area contributed by atoms with Crippen LogP contribution in [-0.4, -0.2) is 23.4 Å². The number of likely N-dealkylation sites (tertiary alicyclic amines) is 1. The summed E-state index contributed by atoms with van der Waals surface area (Å²) in [6.07, 6.45) is 7.58. The molecule has 1 heterocycles. The molecule has 1 amide bonds. The molecular weight excluding hydrogens is 253 g/mol. The molecule has 0 radical (unpaired) electrons. The van der Waals surface area contributed by atoms with E-state index in [0.29, 0.717) is 11.9 Å². The van der Waals surface area contributed by atoms with Crippen molar-refractivity contribution in [3.8, 4) is 0 Å². The molecule has 1 aromatic carbocycles. The van der Waals surface area contributed by atoms with Gasteiger partial charge in [0.25, 0.3) is 0 Å². The number of benzene rings is 1. The van der Waals surface area contributed by atoms with Gasteiger partial charge in [-0.15, -0.1) is 0 Å². The summed E-state index contributed by atoms with van der Waals surface area (Å²) in [7, 11) is 0. The first kappa shape index (κ1) is 13.6. The Morgan fingerprint density at radius 2 is 1.80 bits per heavy atom. The minimum Gasteiger partial charge on any atom is -0.339 e. The first-order chi connectivity index (χ1) is 9.74. The fourth-order valence-electron chi connectivity index (χ4n) is 3.64. The Morgan fingerprint density at radius 3 is 2.50 bits per heavy atom. The summed E-state index contributed by atoms with van der Waals surface area (Å²) in [5.41, 5.74) is 1.13. The van der Waals surface area contributed by atoms with Crippen LogP contribution in [-0.2, 0) is 11.2 Å². The molecular formula is C17H22FNO. The van der Waals surface area contributed by atoms with Crippen LogP contribution in [0.25, 0.3) is 0 Å². The Morgan fingerprint density at radius 1 is 1.10 bits per heavy atom. The van der Waals surface area contributed by atoms with Gasteiger partial charge >= 0.3 is 0 Å². The van der Waals surface area contributed by atoms with E-state index in [9.17, 15) is 9.18 Å². The lowest BCUT2D eigenvalue weighted by molar-refractivity contribution is -0.136. The molecule has 1 unspecified atom stereocenters. The molecule has 1 aromatic rings. The zero-order valence-electron chi connectivity index (χ0n) is 11.9. The smallest absolute Gasteiger partial charge is 0.225 e. The Labute approximate surface area is 120 Å². The van der Waals surface area contributed by atoms with E-state index < -0.39 is 0 Å². The van der Waals surface area contributed by atoms with E-state index in [4.69, 9.17) is 0 Å². The van der Waals surface area contributed by atoms with E-state index in [0.717, 1.165) is 44.2 Å². The third-order valence-electron chi connectivity index (χ3n) is 4.75. The summed E-state index contributed by atoms with van der Waals surface area (Å²) >= 11 is 0. The van der Waals surface area contributed by atoms with Crippen LogP contribution in [0, 0.1) is 11.7 Å². The summed E-state index contributed by atoms with van der Waals surface area (Å²) < 4.78 is 12.9. The second-order valence-corrected chi connectivity index (χ2v) is 6.14.